The minimum Gasteiger partial charge on any atom is -0.396 e. The lowest BCUT2D eigenvalue weighted by Crippen LogP contribution is -2.22. The molecule has 1 atom stereocenters. The summed E-state index contributed by atoms with van der Waals surface area (Å²) in [5, 5.41) is 8.69. The molecule has 0 radical (unpaired) electrons. The van der Waals surface area contributed by atoms with Crippen LogP contribution in [0.1, 0.15) is 83.5 Å². The Morgan fingerprint density at radius 2 is 1.46 bits per heavy atom. The van der Waals surface area contributed by atoms with Gasteiger partial charge in [-0.1, -0.05) is 37.1 Å². The molecule has 0 spiro atoms. The largest absolute Gasteiger partial charge is 0.396 e. The van der Waals surface area contributed by atoms with Crippen LogP contribution in [-0.4, -0.2) is 31.2 Å². The highest BCUT2D eigenvalue weighted by atomic mass is 16.7. The zero-order chi connectivity index (χ0) is 17.1. The van der Waals surface area contributed by atoms with E-state index in [1.807, 2.05) is 0 Å². The van der Waals surface area contributed by atoms with E-state index >= 15 is 0 Å². The number of allylic oxidation sites excluding steroid dienone is 4. The van der Waals surface area contributed by atoms with Crippen molar-refractivity contribution in [3.8, 4) is 0 Å². The van der Waals surface area contributed by atoms with Crippen LogP contribution in [0.2, 0.25) is 0 Å². The molecule has 1 fully saturated rings. The maximum absolute atomic E-state index is 8.69. The average molecular weight is 339 g/mol. The van der Waals surface area contributed by atoms with Crippen molar-refractivity contribution in [2.45, 2.75) is 89.8 Å². The number of aliphatic hydroxyl groups is 1. The van der Waals surface area contributed by atoms with E-state index in [4.69, 9.17) is 14.6 Å². The number of aliphatic hydroxyl groups excluding tert-OH is 1. The Labute approximate surface area is 149 Å². The van der Waals surface area contributed by atoms with Crippen molar-refractivity contribution >= 4 is 0 Å². The molecule has 140 valence electrons. The van der Waals surface area contributed by atoms with E-state index in [9.17, 15) is 0 Å². The maximum Gasteiger partial charge on any atom is 0.157 e. The lowest BCUT2D eigenvalue weighted by atomic mass is 10.1. The first kappa shape index (κ1) is 21.4. The normalized spacial score (nSPS) is 18.8. The molecule has 1 aliphatic rings. The molecule has 3 heteroatoms. The van der Waals surface area contributed by atoms with Gasteiger partial charge in [0.25, 0.3) is 0 Å². The molecule has 0 bridgehead atoms. The number of hydrogen-bond donors (Lipinski definition) is 1. The Morgan fingerprint density at radius 1 is 0.792 bits per heavy atom. The van der Waals surface area contributed by atoms with Gasteiger partial charge in [-0.15, -0.1) is 0 Å². The van der Waals surface area contributed by atoms with Crippen molar-refractivity contribution < 1.29 is 14.6 Å². The number of unbranched alkanes of at least 4 members (excludes halogenated alkanes) is 7. The average Bonchev–Trinajstić information content (AvgIpc) is 2.62. The highest BCUT2D eigenvalue weighted by Gasteiger charge is 2.12. The van der Waals surface area contributed by atoms with Crippen LogP contribution < -0.4 is 0 Å². The summed E-state index contributed by atoms with van der Waals surface area (Å²) >= 11 is 0. The highest BCUT2D eigenvalue weighted by molar-refractivity contribution is 4.88. The third kappa shape index (κ3) is 13.8. The second-order valence-corrected chi connectivity index (χ2v) is 6.61. The smallest absolute Gasteiger partial charge is 0.157 e. The molecule has 1 heterocycles. The summed E-state index contributed by atoms with van der Waals surface area (Å²) < 4.78 is 11.3. The number of rotatable bonds is 15. The Balaban J connectivity index is 1.77. The van der Waals surface area contributed by atoms with Crippen molar-refractivity contribution in [3.63, 3.8) is 0 Å². The molecule has 0 aromatic heterocycles. The molecule has 1 rings (SSSR count). The predicted octanol–water partition coefficient (Wildman–Crippen LogP) is 5.54. The number of ether oxygens (including phenoxy) is 2. The predicted molar refractivity (Wildman–Crippen MR) is 101 cm³/mol. The summed E-state index contributed by atoms with van der Waals surface area (Å²) in [6.07, 6.45) is 24.3. The first-order valence-corrected chi connectivity index (χ1v) is 10.1. The molecule has 0 amide bonds. The fraction of sp³-hybridized carbons (Fsp3) is 0.810. The Morgan fingerprint density at radius 3 is 2.08 bits per heavy atom. The summed E-state index contributed by atoms with van der Waals surface area (Å²) in [6.45, 7) is 2.04. The molecule has 1 unspecified atom stereocenters. The van der Waals surface area contributed by atoms with Gasteiger partial charge < -0.3 is 14.6 Å². The molecule has 0 saturated carbocycles. The van der Waals surface area contributed by atoms with Crippen molar-refractivity contribution in [1.82, 2.24) is 0 Å². The van der Waals surface area contributed by atoms with Crippen LogP contribution in [0, 0.1) is 0 Å². The van der Waals surface area contributed by atoms with Gasteiger partial charge in [0.05, 0.1) is 0 Å². The number of hydrogen-bond acceptors (Lipinski definition) is 3. The molecule has 24 heavy (non-hydrogen) atoms. The zero-order valence-corrected chi connectivity index (χ0v) is 15.5. The summed E-state index contributed by atoms with van der Waals surface area (Å²) in [7, 11) is 0. The van der Waals surface area contributed by atoms with E-state index < -0.39 is 0 Å². The summed E-state index contributed by atoms with van der Waals surface area (Å²) in [5.74, 6) is 0. The molecule has 0 aromatic carbocycles. The Kier molecular flexibility index (Phi) is 15.3. The van der Waals surface area contributed by atoms with Crippen LogP contribution in [0.25, 0.3) is 0 Å². The third-order valence-corrected chi connectivity index (χ3v) is 4.32. The molecule has 1 aliphatic heterocycles. The molecule has 0 aromatic rings. The van der Waals surface area contributed by atoms with Gasteiger partial charge in [0.2, 0.25) is 0 Å². The van der Waals surface area contributed by atoms with Crippen LogP contribution in [0.3, 0.4) is 0 Å². The quantitative estimate of drug-likeness (QED) is 0.315. The topological polar surface area (TPSA) is 38.7 Å². The van der Waals surface area contributed by atoms with Gasteiger partial charge in [-0.05, 0) is 70.6 Å². The minimum absolute atomic E-state index is 0.0707. The lowest BCUT2D eigenvalue weighted by molar-refractivity contribution is -0.162. The monoisotopic (exact) mass is 338 g/mol. The van der Waals surface area contributed by atoms with E-state index in [-0.39, 0.29) is 6.29 Å². The van der Waals surface area contributed by atoms with Crippen molar-refractivity contribution in [1.29, 1.82) is 0 Å². The minimum atomic E-state index is 0.0707. The summed E-state index contributed by atoms with van der Waals surface area (Å²) in [5.41, 5.74) is 0. The van der Waals surface area contributed by atoms with Gasteiger partial charge in [0.15, 0.2) is 6.29 Å². The third-order valence-electron chi connectivity index (χ3n) is 4.32. The first-order chi connectivity index (χ1) is 11.9. The molecule has 1 saturated heterocycles. The highest BCUT2D eigenvalue weighted by Crippen LogP contribution is 2.14. The van der Waals surface area contributed by atoms with E-state index in [1.165, 1.54) is 38.5 Å². The van der Waals surface area contributed by atoms with Gasteiger partial charge >= 0.3 is 0 Å². The maximum atomic E-state index is 8.69. The van der Waals surface area contributed by atoms with E-state index in [2.05, 4.69) is 24.3 Å². The van der Waals surface area contributed by atoms with Gasteiger partial charge in [-0.25, -0.2) is 0 Å². The second-order valence-electron chi connectivity index (χ2n) is 6.61. The zero-order valence-electron chi connectivity index (χ0n) is 15.5. The van der Waals surface area contributed by atoms with Gasteiger partial charge in [-0.2, -0.15) is 0 Å². The SMILES string of the molecule is OCCCCC/C=C\CC/C=C\CCCCCOC1CCCCO1. The van der Waals surface area contributed by atoms with Crippen LogP contribution in [0.5, 0.6) is 0 Å². The lowest BCUT2D eigenvalue weighted by Gasteiger charge is -2.22. The second kappa shape index (κ2) is 17.2. The van der Waals surface area contributed by atoms with Crippen LogP contribution in [0.4, 0.5) is 0 Å². The summed E-state index contributed by atoms with van der Waals surface area (Å²) in [6, 6.07) is 0. The fourth-order valence-electron chi connectivity index (χ4n) is 2.81. The molecular weight excluding hydrogens is 300 g/mol. The molecule has 3 nitrogen and oxygen atoms in total. The van der Waals surface area contributed by atoms with Crippen LogP contribution in [0.15, 0.2) is 24.3 Å². The van der Waals surface area contributed by atoms with Gasteiger partial charge in [0.1, 0.15) is 0 Å². The molecule has 0 aliphatic carbocycles. The van der Waals surface area contributed by atoms with Gasteiger partial charge in [0, 0.05) is 19.8 Å². The first-order valence-electron chi connectivity index (χ1n) is 10.1. The fourth-order valence-corrected chi connectivity index (χ4v) is 2.81. The Bertz CT molecular complexity index is 306. The van der Waals surface area contributed by atoms with E-state index in [0.717, 1.165) is 58.2 Å². The standard InChI is InChI=1S/C21H38O3/c22-18-14-11-9-7-5-3-1-2-4-6-8-10-12-15-19-23-21-17-13-16-20-24-21/h3-6,21-22H,1-2,7-20H2/b5-3-,6-4-. The van der Waals surface area contributed by atoms with E-state index in [0.29, 0.717) is 6.61 Å². The van der Waals surface area contributed by atoms with Crippen LogP contribution in [-0.2, 0) is 9.47 Å². The molecular formula is C21H38O3. The van der Waals surface area contributed by atoms with E-state index in [1.54, 1.807) is 0 Å². The van der Waals surface area contributed by atoms with Gasteiger partial charge in [-0.3, -0.25) is 0 Å². The summed E-state index contributed by atoms with van der Waals surface area (Å²) in [4.78, 5) is 0. The van der Waals surface area contributed by atoms with Crippen LogP contribution >= 0.6 is 0 Å². The van der Waals surface area contributed by atoms with Crippen molar-refractivity contribution in [2.75, 3.05) is 19.8 Å². The van der Waals surface area contributed by atoms with Crippen molar-refractivity contribution in [3.05, 3.63) is 24.3 Å². The Hall–Kier alpha value is -0.640. The van der Waals surface area contributed by atoms with Crippen molar-refractivity contribution in [2.24, 2.45) is 0 Å². The molecule has 1 N–H and O–H groups in total.